The Hall–Kier alpha value is -2.92. The first-order valence-electron chi connectivity index (χ1n) is 10.2. The number of nitrogens with one attached hydrogen (secondary N) is 1. The number of aliphatic hydroxyl groups is 1. The van der Waals surface area contributed by atoms with E-state index in [0.717, 1.165) is 12.3 Å². The van der Waals surface area contributed by atoms with Crippen molar-refractivity contribution in [3.8, 4) is 0 Å². The van der Waals surface area contributed by atoms with E-state index in [1.807, 2.05) is 0 Å². The minimum absolute atomic E-state index is 0.0254. The Kier molecular flexibility index (Phi) is 6.44. The van der Waals surface area contributed by atoms with Crippen LogP contribution in [-0.2, 0) is 6.18 Å². The summed E-state index contributed by atoms with van der Waals surface area (Å²) in [7, 11) is 0. The number of fused-ring (bicyclic) bond motifs is 1. The quantitative estimate of drug-likeness (QED) is 0.320. The first-order valence-corrected chi connectivity index (χ1v) is 11.0. The average molecular weight is 525 g/mol. The largest absolute Gasteiger partial charge is 0.418 e. The van der Waals surface area contributed by atoms with Gasteiger partial charge in [-0.3, -0.25) is 10.1 Å². The molecule has 3 aromatic rings. The summed E-state index contributed by atoms with van der Waals surface area (Å²) in [5, 5.41) is 24.1. The van der Waals surface area contributed by atoms with Crippen molar-refractivity contribution in [2.24, 2.45) is 5.92 Å². The predicted octanol–water partition coefficient (Wildman–Crippen LogP) is 5.88. The lowest BCUT2D eigenvalue weighted by molar-refractivity contribution is -0.384. The molecule has 7 nitrogen and oxygen atoms in total. The number of nitrogens with zero attached hydrogens (tertiary/aromatic N) is 3. The molecule has 1 saturated heterocycles. The van der Waals surface area contributed by atoms with E-state index in [-0.39, 0.29) is 35.3 Å². The molecule has 4 rings (SSSR count). The number of piperidine rings is 1. The zero-order chi connectivity index (χ0) is 23.8. The second kappa shape index (κ2) is 9.14. The van der Waals surface area contributed by atoms with Crippen LogP contribution in [-0.4, -0.2) is 34.7 Å². The van der Waals surface area contributed by atoms with Crippen LogP contribution in [0.15, 0.2) is 47.1 Å². The molecule has 2 heterocycles. The van der Waals surface area contributed by atoms with Gasteiger partial charge in [-0.2, -0.15) is 13.2 Å². The van der Waals surface area contributed by atoms with Crippen molar-refractivity contribution < 1.29 is 23.2 Å². The highest BCUT2D eigenvalue weighted by Gasteiger charge is 2.36. The lowest BCUT2D eigenvalue weighted by atomic mass is 9.96. The zero-order valence-electron chi connectivity index (χ0n) is 17.3. The minimum Gasteiger partial charge on any atom is -0.396 e. The zero-order valence-corrected chi connectivity index (χ0v) is 18.9. The molecule has 33 heavy (non-hydrogen) atoms. The fourth-order valence-corrected chi connectivity index (χ4v) is 4.40. The highest BCUT2D eigenvalue weighted by Crippen LogP contribution is 2.41. The van der Waals surface area contributed by atoms with E-state index < -0.39 is 16.7 Å². The lowest BCUT2D eigenvalue weighted by Gasteiger charge is -2.34. The number of aromatic nitrogens is 1. The van der Waals surface area contributed by atoms with Gasteiger partial charge in [-0.1, -0.05) is 15.9 Å². The summed E-state index contributed by atoms with van der Waals surface area (Å²) in [6, 6.07) is 8.85. The van der Waals surface area contributed by atoms with Crippen LogP contribution in [0.25, 0.3) is 10.9 Å². The molecule has 0 atom stereocenters. The molecule has 11 heteroatoms. The standard InChI is InChI=1S/C22H20BrF3N4O3/c23-14-1-3-18-16(9-14)21(20(11-27-18)30(32)33)28-15-2-4-19(17(10-15)22(24,25)26)29-7-5-13(12-31)6-8-29/h1-4,9-11,13,31H,5-8,12H2,(H,27,28). The second-order valence-corrected chi connectivity index (χ2v) is 8.82. The van der Waals surface area contributed by atoms with E-state index in [1.54, 1.807) is 23.1 Å². The molecule has 0 radical (unpaired) electrons. The number of benzene rings is 2. The Bertz CT molecular complexity index is 1200. The molecular formula is C22H20BrF3N4O3. The minimum atomic E-state index is -4.61. The van der Waals surface area contributed by atoms with Crippen LogP contribution in [0.1, 0.15) is 18.4 Å². The molecule has 0 spiro atoms. The number of aliphatic hydroxyl groups excluding tert-OH is 1. The second-order valence-electron chi connectivity index (χ2n) is 7.90. The van der Waals surface area contributed by atoms with Crippen LogP contribution in [0.4, 0.5) is 35.9 Å². The van der Waals surface area contributed by atoms with Crippen molar-refractivity contribution >= 4 is 49.6 Å². The van der Waals surface area contributed by atoms with Gasteiger partial charge < -0.3 is 15.3 Å². The summed E-state index contributed by atoms with van der Waals surface area (Å²) in [4.78, 5) is 16.7. The highest BCUT2D eigenvalue weighted by atomic mass is 79.9. The fourth-order valence-electron chi connectivity index (χ4n) is 4.04. The average Bonchev–Trinajstić information content (AvgIpc) is 2.78. The van der Waals surface area contributed by atoms with Crippen LogP contribution in [0.5, 0.6) is 0 Å². The molecule has 1 fully saturated rings. The van der Waals surface area contributed by atoms with Crippen molar-refractivity contribution in [1.82, 2.24) is 4.98 Å². The molecule has 2 N–H and O–H groups in total. The number of nitro groups is 1. The molecule has 0 unspecified atom stereocenters. The van der Waals surface area contributed by atoms with Gasteiger partial charge in [0, 0.05) is 40.9 Å². The van der Waals surface area contributed by atoms with Crippen LogP contribution in [0.3, 0.4) is 0 Å². The van der Waals surface area contributed by atoms with Gasteiger partial charge in [0.25, 0.3) is 0 Å². The third-order valence-corrected chi connectivity index (χ3v) is 6.28. The molecule has 0 amide bonds. The van der Waals surface area contributed by atoms with Crippen molar-refractivity contribution in [3.63, 3.8) is 0 Å². The summed E-state index contributed by atoms with van der Waals surface area (Å²) in [6.45, 7) is 0.850. The SMILES string of the molecule is O=[N+]([O-])c1cnc2ccc(Br)cc2c1Nc1ccc(N2CCC(CO)CC2)c(C(F)(F)F)c1. The number of rotatable bonds is 5. The normalized spacial score (nSPS) is 15.1. The molecule has 1 aliphatic heterocycles. The summed E-state index contributed by atoms with van der Waals surface area (Å²) in [6.07, 6.45) is -2.31. The molecule has 0 bridgehead atoms. The predicted molar refractivity (Wildman–Crippen MR) is 123 cm³/mol. The Morgan fingerprint density at radius 3 is 2.58 bits per heavy atom. The van der Waals surface area contributed by atoms with Gasteiger partial charge in [0.05, 0.1) is 16.0 Å². The van der Waals surface area contributed by atoms with Crippen molar-refractivity contribution in [2.45, 2.75) is 19.0 Å². The van der Waals surface area contributed by atoms with E-state index in [9.17, 15) is 28.4 Å². The fraction of sp³-hybridized carbons (Fsp3) is 0.318. The van der Waals surface area contributed by atoms with Gasteiger partial charge in [0.1, 0.15) is 11.9 Å². The summed E-state index contributed by atoms with van der Waals surface area (Å²) >= 11 is 3.32. The Morgan fingerprint density at radius 2 is 1.94 bits per heavy atom. The molecule has 0 aliphatic carbocycles. The van der Waals surface area contributed by atoms with Crippen LogP contribution < -0.4 is 10.2 Å². The van der Waals surface area contributed by atoms with Gasteiger partial charge in [-0.15, -0.1) is 0 Å². The number of anilines is 3. The first-order chi connectivity index (χ1) is 15.7. The van der Waals surface area contributed by atoms with Gasteiger partial charge in [-0.25, -0.2) is 4.98 Å². The molecule has 0 saturated carbocycles. The summed E-state index contributed by atoms with van der Waals surface area (Å²) in [5.74, 6) is 0.0939. The Labute approximate surface area is 195 Å². The Balaban J connectivity index is 1.75. The molecule has 2 aromatic carbocycles. The molecule has 1 aliphatic rings. The van der Waals surface area contributed by atoms with E-state index >= 15 is 0 Å². The van der Waals surface area contributed by atoms with Gasteiger partial charge in [0.2, 0.25) is 0 Å². The first kappa shape index (κ1) is 23.2. The Morgan fingerprint density at radius 1 is 1.21 bits per heavy atom. The van der Waals surface area contributed by atoms with Crippen LogP contribution in [0.2, 0.25) is 0 Å². The van der Waals surface area contributed by atoms with Crippen LogP contribution >= 0.6 is 15.9 Å². The summed E-state index contributed by atoms with van der Waals surface area (Å²) in [5.41, 5.74) is -0.503. The van der Waals surface area contributed by atoms with Crippen LogP contribution in [0, 0.1) is 16.0 Å². The maximum atomic E-state index is 14.0. The molecular weight excluding hydrogens is 505 g/mol. The molecule has 174 valence electrons. The smallest absolute Gasteiger partial charge is 0.396 e. The highest BCUT2D eigenvalue weighted by molar-refractivity contribution is 9.10. The number of hydrogen-bond acceptors (Lipinski definition) is 6. The van der Waals surface area contributed by atoms with Gasteiger partial charge in [-0.05, 0) is 55.2 Å². The molecule has 1 aromatic heterocycles. The third-order valence-electron chi connectivity index (χ3n) is 5.79. The number of hydrogen-bond donors (Lipinski definition) is 2. The third kappa shape index (κ3) is 4.88. The maximum absolute atomic E-state index is 14.0. The van der Waals surface area contributed by atoms with E-state index in [2.05, 4.69) is 26.2 Å². The van der Waals surface area contributed by atoms with Crippen molar-refractivity contribution in [3.05, 3.63) is 62.7 Å². The summed E-state index contributed by atoms with van der Waals surface area (Å²) < 4.78 is 42.5. The lowest BCUT2D eigenvalue weighted by Crippen LogP contribution is -2.36. The number of halogens is 4. The van der Waals surface area contributed by atoms with Gasteiger partial charge >= 0.3 is 11.9 Å². The van der Waals surface area contributed by atoms with E-state index in [1.165, 1.54) is 12.1 Å². The van der Waals surface area contributed by atoms with Gasteiger partial charge in [0.15, 0.2) is 0 Å². The number of alkyl halides is 3. The van der Waals surface area contributed by atoms with Crippen molar-refractivity contribution in [2.75, 3.05) is 29.9 Å². The maximum Gasteiger partial charge on any atom is 0.418 e. The topological polar surface area (TPSA) is 91.5 Å². The van der Waals surface area contributed by atoms with Crippen molar-refractivity contribution in [1.29, 1.82) is 0 Å². The monoisotopic (exact) mass is 524 g/mol. The van der Waals surface area contributed by atoms with E-state index in [0.29, 0.717) is 41.3 Å². The van der Waals surface area contributed by atoms with E-state index in [4.69, 9.17) is 0 Å². The number of pyridine rings is 1.